The lowest BCUT2D eigenvalue weighted by atomic mass is 10.0. The number of anilines is 2. The predicted octanol–water partition coefficient (Wildman–Crippen LogP) is 2.42. The van der Waals surface area contributed by atoms with E-state index in [4.69, 9.17) is 15.2 Å². The van der Waals surface area contributed by atoms with Crippen molar-refractivity contribution in [2.75, 3.05) is 36.9 Å². The molecule has 0 bridgehead atoms. The largest absolute Gasteiger partial charge is 0.399 e. The average Bonchev–Trinajstić information content (AvgIpc) is 2.39. The third-order valence-corrected chi connectivity index (χ3v) is 3.39. The summed E-state index contributed by atoms with van der Waals surface area (Å²) >= 11 is 0. The van der Waals surface area contributed by atoms with Crippen molar-refractivity contribution >= 4 is 11.4 Å². The van der Waals surface area contributed by atoms with Crippen LogP contribution in [0.15, 0.2) is 18.2 Å². The van der Waals surface area contributed by atoms with Gasteiger partial charge < -0.3 is 20.1 Å². The Morgan fingerprint density at radius 2 is 2.00 bits per heavy atom. The highest BCUT2D eigenvalue weighted by Gasteiger charge is 2.20. The van der Waals surface area contributed by atoms with Crippen molar-refractivity contribution in [2.24, 2.45) is 0 Å². The van der Waals surface area contributed by atoms with Gasteiger partial charge in [-0.15, -0.1) is 0 Å². The fourth-order valence-electron chi connectivity index (χ4n) is 2.59. The van der Waals surface area contributed by atoms with Crippen LogP contribution in [0.3, 0.4) is 0 Å². The number of hydrogen-bond donors (Lipinski definition) is 1. The van der Waals surface area contributed by atoms with E-state index in [1.54, 1.807) is 0 Å². The number of fused-ring (bicyclic) bond motifs is 1. The fourth-order valence-corrected chi connectivity index (χ4v) is 2.59. The highest BCUT2D eigenvalue weighted by atomic mass is 16.7. The molecular formula is C15H24N2O2. The topological polar surface area (TPSA) is 47.7 Å². The summed E-state index contributed by atoms with van der Waals surface area (Å²) < 4.78 is 11.3. The lowest BCUT2D eigenvalue weighted by Gasteiger charge is -2.34. The maximum Gasteiger partial charge on any atom is 0.174 e. The molecule has 0 saturated carbocycles. The van der Waals surface area contributed by atoms with E-state index in [1.807, 2.05) is 19.9 Å². The van der Waals surface area contributed by atoms with E-state index >= 15 is 0 Å². The Morgan fingerprint density at radius 3 is 2.68 bits per heavy atom. The van der Waals surface area contributed by atoms with Gasteiger partial charge in [0.25, 0.3) is 0 Å². The van der Waals surface area contributed by atoms with E-state index in [0.29, 0.717) is 13.2 Å². The maximum absolute atomic E-state index is 5.86. The van der Waals surface area contributed by atoms with Gasteiger partial charge in [-0.05, 0) is 50.5 Å². The molecule has 1 aliphatic rings. The Balaban J connectivity index is 2.09. The van der Waals surface area contributed by atoms with Crippen LogP contribution < -0.4 is 10.6 Å². The molecule has 4 nitrogen and oxygen atoms in total. The zero-order valence-electron chi connectivity index (χ0n) is 11.9. The second-order valence-corrected chi connectivity index (χ2v) is 4.78. The van der Waals surface area contributed by atoms with Crippen LogP contribution in [0.5, 0.6) is 0 Å². The molecule has 2 N–H and O–H groups in total. The summed E-state index contributed by atoms with van der Waals surface area (Å²) in [5.74, 6) is 0. The maximum atomic E-state index is 5.86. The van der Waals surface area contributed by atoms with Crippen molar-refractivity contribution < 1.29 is 9.47 Å². The number of rotatable bonds is 6. The van der Waals surface area contributed by atoms with E-state index in [2.05, 4.69) is 17.0 Å². The van der Waals surface area contributed by atoms with Crippen molar-refractivity contribution in [3.8, 4) is 0 Å². The number of benzene rings is 1. The van der Waals surface area contributed by atoms with Crippen molar-refractivity contribution in [3.05, 3.63) is 23.8 Å². The minimum atomic E-state index is -0.154. The molecule has 0 radical (unpaired) electrons. The molecule has 2 rings (SSSR count). The summed E-state index contributed by atoms with van der Waals surface area (Å²) in [5, 5.41) is 0. The van der Waals surface area contributed by atoms with Crippen LogP contribution in [0.4, 0.5) is 11.4 Å². The lowest BCUT2D eigenvalue weighted by Crippen LogP contribution is -2.38. The molecule has 1 aromatic carbocycles. The number of nitrogens with two attached hydrogens (primary N) is 1. The molecule has 1 heterocycles. The summed E-state index contributed by atoms with van der Waals surface area (Å²) in [6.45, 7) is 7.17. The fraction of sp³-hybridized carbons (Fsp3) is 0.600. The Bertz CT molecular complexity index is 403. The second kappa shape index (κ2) is 6.78. The molecule has 4 heteroatoms. The van der Waals surface area contributed by atoms with Crippen LogP contribution in [0.1, 0.15) is 25.8 Å². The van der Waals surface area contributed by atoms with Gasteiger partial charge in [0.1, 0.15) is 0 Å². The summed E-state index contributed by atoms with van der Waals surface area (Å²) in [6.07, 6.45) is 2.10. The molecule has 1 aliphatic heterocycles. The van der Waals surface area contributed by atoms with Crippen LogP contribution in [0.2, 0.25) is 0 Å². The number of ether oxygens (including phenoxy) is 2. The van der Waals surface area contributed by atoms with Gasteiger partial charge >= 0.3 is 0 Å². The standard InChI is InChI=1S/C15H24N2O2/c1-3-18-15(19-4-2)11-17-9-5-6-12-10-13(16)7-8-14(12)17/h7-8,10,15H,3-6,9,11,16H2,1-2H3. The number of nitrogen functional groups attached to an aromatic ring is 1. The van der Waals surface area contributed by atoms with Crippen molar-refractivity contribution in [1.29, 1.82) is 0 Å². The SMILES string of the molecule is CCOC(CN1CCCc2cc(N)ccc21)OCC. The van der Waals surface area contributed by atoms with Crippen LogP contribution in [-0.4, -0.2) is 32.6 Å². The molecule has 1 aromatic rings. The molecular weight excluding hydrogens is 240 g/mol. The Morgan fingerprint density at radius 1 is 1.26 bits per heavy atom. The predicted molar refractivity (Wildman–Crippen MR) is 78.4 cm³/mol. The van der Waals surface area contributed by atoms with E-state index in [1.165, 1.54) is 11.3 Å². The Kier molecular flexibility index (Phi) is 5.05. The summed E-state index contributed by atoms with van der Waals surface area (Å²) in [7, 11) is 0. The first-order valence-corrected chi connectivity index (χ1v) is 7.11. The normalized spacial score (nSPS) is 14.8. The van der Waals surface area contributed by atoms with Gasteiger partial charge in [0.05, 0.1) is 6.54 Å². The third-order valence-electron chi connectivity index (χ3n) is 3.39. The quantitative estimate of drug-likeness (QED) is 0.633. The third kappa shape index (κ3) is 3.61. The van der Waals surface area contributed by atoms with E-state index in [9.17, 15) is 0 Å². The number of aryl methyl sites for hydroxylation is 1. The smallest absolute Gasteiger partial charge is 0.174 e. The molecule has 0 amide bonds. The highest BCUT2D eigenvalue weighted by molar-refractivity contribution is 5.61. The molecule has 0 unspecified atom stereocenters. The molecule has 0 spiro atoms. The van der Waals surface area contributed by atoms with Gasteiger partial charge in [-0.25, -0.2) is 0 Å². The molecule has 19 heavy (non-hydrogen) atoms. The zero-order chi connectivity index (χ0) is 13.7. The van der Waals surface area contributed by atoms with E-state index in [-0.39, 0.29) is 6.29 Å². The molecule has 0 saturated heterocycles. The van der Waals surface area contributed by atoms with Crippen LogP contribution in [-0.2, 0) is 15.9 Å². The zero-order valence-corrected chi connectivity index (χ0v) is 11.9. The van der Waals surface area contributed by atoms with Gasteiger partial charge in [-0.1, -0.05) is 0 Å². The van der Waals surface area contributed by atoms with Gasteiger partial charge in [-0.3, -0.25) is 0 Å². The van der Waals surface area contributed by atoms with Gasteiger partial charge in [0.2, 0.25) is 0 Å². The van der Waals surface area contributed by atoms with E-state index < -0.39 is 0 Å². The Hall–Kier alpha value is -1.26. The molecule has 0 fully saturated rings. The monoisotopic (exact) mass is 264 g/mol. The first-order valence-electron chi connectivity index (χ1n) is 7.11. The number of nitrogens with zero attached hydrogens (tertiary/aromatic N) is 1. The lowest BCUT2D eigenvalue weighted by molar-refractivity contribution is -0.129. The van der Waals surface area contributed by atoms with Crippen molar-refractivity contribution in [3.63, 3.8) is 0 Å². The van der Waals surface area contributed by atoms with Crippen molar-refractivity contribution in [2.45, 2.75) is 33.0 Å². The van der Waals surface area contributed by atoms with Crippen molar-refractivity contribution in [1.82, 2.24) is 0 Å². The highest BCUT2D eigenvalue weighted by Crippen LogP contribution is 2.29. The summed E-state index contributed by atoms with van der Waals surface area (Å²) in [5.41, 5.74) is 9.30. The first kappa shape index (κ1) is 14.2. The minimum absolute atomic E-state index is 0.154. The Labute approximate surface area is 115 Å². The van der Waals surface area contributed by atoms with E-state index in [0.717, 1.165) is 31.6 Å². The molecule has 0 aliphatic carbocycles. The van der Waals surface area contributed by atoms with Crippen LogP contribution in [0.25, 0.3) is 0 Å². The number of hydrogen-bond acceptors (Lipinski definition) is 4. The summed E-state index contributed by atoms with van der Waals surface area (Å²) in [6, 6.07) is 6.16. The molecule has 0 aromatic heterocycles. The molecule has 0 atom stereocenters. The van der Waals surface area contributed by atoms with Crippen LogP contribution in [0, 0.1) is 0 Å². The second-order valence-electron chi connectivity index (χ2n) is 4.78. The average molecular weight is 264 g/mol. The molecule has 106 valence electrons. The summed E-state index contributed by atoms with van der Waals surface area (Å²) in [4.78, 5) is 2.34. The van der Waals surface area contributed by atoms with Crippen LogP contribution >= 0.6 is 0 Å². The van der Waals surface area contributed by atoms with Gasteiger partial charge in [0, 0.05) is 31.1 Å². The van der Waals surface area contributed by atoms with Gasteiger partial charge in [-0.2, -0.15) is 0 Å². The first-order chi connectivity index (χ1) is 9.24. The minimum Gasteiger partial charge on any atom is -0.399 e. The van der Waals surface area contributed by atoms with Gasteiger partial charge in [0.15, 0.2) is 6.29 Å².